The molecule has 8 unspecified atom stereocenters. The normalized spacial score (nSPS) is 26.5. The average molecular weight is 777 g/mol. The van der Waals surface area contributed by atoms with E-state index in [9.17, 15) is 49.4 Å². The summed E-state index contributed by atoms with van der Waals surface area (Å²) in [5, 5.41) is 79.7. The van der Waals surface area contributed by atoms with Crippen molar-refractivity contribution in [2.45, 2.75) is 100 Å². The topological polar surface area (TPSA) is 358 Å². The molecule has 0 spiro atoms. The fourth-order valence-corrected chi connectivity index (χ4v) is 6.62. The van der Waals surface area contributed by atoms with Crippen molar-refractivity contribution in [1.82, 2.24) is 9.97 Å². The van der Waals surface area contributed by atoms with Gasteiger partial charge >= 0.3 is 19.8 Å². The van der Waals surface area contributed by atoms with Crippen molar-refractivity contribution in [3.05, 3.63) is 40.2 Å². The number of nitrogens with zero attached hydrogens (tertiary/aromatic N) is 1. The Balaban J connectivity index is 1.22. The Bertz CT molecular complexity index is 1670. The first-order valence-electron chi connectivity index (χ1n) is 16.4. The average Bonchev–Trinajstić information content (AvgIpc) is 3.35. The number of aliphatic hydroxyl groups is 5. The van der Waals surface area contributed by atoms with Gasteiger partial charge in [0.25, 0.3) is 5.56 Å². The number of carbonyl (C=O) groups is 2. The van der Waals surface area contributed by atoms with Crippen LogP contribution in [-0.4, -0.2) is 143 Å². The Hall–Kier alpha value is -3.93. The van der Waals surface area contributed by atoms with E-state index in [-0.39, 0.29) is 36.2 Å². The van der Waals surface area contributed by atoms with Crippen LogP contribution in [-0.2, 0) is 39.1 Å². The van der Waals surface area contributed by atoms with Gasteiger partial charge in [-0.3, -0.25) is 23.6 Å². The number of carboxylic acids is 2. The maximum Gasteiger partial charge on any atom is 0.473 e. The number of aromatic nitrogens is 2. The molecule has 0 bridgehead atoms. The van der Waals surface area contributed by atoms with Crippen LogP contribution in [0.2, 0.25) is 0 Å². The molecule has 3 heterocycles. The maximum atomic E-state index is 12.4. The lowest BCUT2D eigenvalue weighted by atomic mass is 9.98. The van der Waals surface area contributed by atoms with Crippen LogP contribution in [0.4, 0.5) is 23.1 Å². The molecule has 1 saturated heterocycles. The number of anilines is 4. The number of aliphatic carboxylic acids is 2. The third-order valence-corrected chi connectivity index (χ3v) is 9.58. The van der Waals surface area contributed by atoms with Gasteiger partial charge in [-0.25, -0.2) is 9.36 Å². The van der Waals surface area contributed by atoms with Crippen LogP contribution in [0.3, 0.4) is 0 Å². The first-order valence-corrected chi connectivity index (χ1v) is 17.9. The summed E-state index contributed by atoms with van der Waals surface area (Å²) in [5.41, 5.74) is 6.85. The molecule has 2 aromatic rings. The lowest BCUT2D eigenvalue weighted by Gasteiger charge is -2.37. The summed E-state index contributed by atoms with van der Waals surface area (Å²) in [6.07, 6.45) is -14.9. The van der Waals surface area contributed by atoms with E-state index in [0.29, 0.717) is 11.4 Å². The number of hydrogen-bond donors (Lipinski definition) is 13. The van der Waals surface area contributed by atoms with Crippen LogP contribution in [0.25, 0.3) is 0 Å². The van der Waals surface area contributed by atoms with Gasteiger partial charge in [-0.15, -0.1) is 0 Å². The fourth-order valence-electron chi connectivity index (χ4n) is 5.71. The number of nitrogen functional groups attached to an aromatic ring is 1. The Morgan fingerprint density at radius 3 is 2.42 bits per heavy atom. The standard InChI is InChI=1S/C30H45N6O16P/c1-12(21-13(2)33-26-22(34-21)27(44)36-30(31)35-26)32-15-5-3-14(4-6-15)9-16(37)23(41)17(38)10-49-29-25(43)24(42)19(51-29)11-50-53(47,48)52-18(28(45)46)7-8-20(39)40/h3-6,12-13,16-19,21,23-25,29,32,34,37-38,41-43H,7-11H2,1-2H3,(H,39,40)(H,45,46)(H,47,48)(H4,31,33,35,36,44)/t12?,13?,16?,17?,18?,19-,21?,23?,24-,25-,29-/m1/s1. The number of hydrogen-bond acceptors (Lipinski definition) is 18. The Kier molecular flexibility index (Phi) is 14.1. The second-order valence-corrected chi connectivity index (χ2v) is 14.1. The predicted molar refractivity (Wildman–Crippen MR) is 183 cm³/mol. The molecule has 22 nitrogen and oxygen atoms in total. The molecule has 0 amide bonds. The van der Waals surface area contributed by atoms with Crippen LogP contribution in [0.15, 0.2) is 29.1 Å². The fraction of sp³-hybridized carbons (Fsp3) is 0.600. The molecule has 12 atom stereocenters. The molecule has 0 radical (unpaired) electrons. The number of nitrogens with one attached hydrogen (secondary N) is 4. The Labute approximate surface area is 301 Å². The summed E-state index contributed by atoms with van der Waals surface area (Å²) in [5.74, 6) is -2.72. The quantitative estimate of drug-likeness (QED) is 0.0685. The molecule has 53 heavy (non-hydrogen) atoms. The molecular weight excluding hydrogens is 731 g/mol. The van der Waals surface area contributed by atoms with Gasteiger partial charge in [-0.1, -0.05) is 12.1 Å². The molecule has 14 N–H and O–H groups in total. The highest BCUT2D eigenvalue weighted by atomic mass is 31.2. The number of fused-ring (bicyclic) bond motifs is 1. The van der Waals surface area contributed by atoms with Gasteiger partial charge in [0.2, 0.25) is 5.95 Å². The number of H-pyrrole nitrogens is 1. The van der Waals surface area contributed by atoms with Crippen LogP contribution >= 0.6 is 7.82 Å². The predicted octanol–water partition coefficient (Wildman–Crippen LogP) is -2.01. The number of nitrogens with two attached hydrogens (primary N) is 1. The minimum atomic E-state index is -5.11. The summed E-state index contributed by atoms with van der Waals surface area (Å²) >= 11 is 0. The van der Waals surface area contributed by atoms with Crippen molar-refractivity contribution in [3.8, 4) is 0 Å². The molecule has 2 aliphatic rings. The minimum Gasteiger partial charge on any atom is -0.481 e. The zero-order chi connectivity index (χ0) is 39.2. The number of rotatable bonds is 19. The summed E-state index contributed by atoms with van der Waals surface area (Å²) in [4.78, 5) is 50.8. The van der Waals surface area contributed by atoms with E-state index in [2.05, 4.69) is 35.0 Å². The molecule has 0 saturated carbocycles. The third-order valence-electron chi connectivity index (χ3n) is 8.58. The van der Waals surface area contributed by atoms with Crippen LogP contribution < -0.4 is 27.2 Å². The number of phosphoric ester groups is 1. The molecule has 1 aromatic carbocycles. The first kappa shape index (κ1) is 41.8. The highest BCUT2D eigenvalue weighted by molar-refractivity contribution is 7.47. The molecular formula is C30H45N6O16P. The van der Waals surface area contributed by atoms with Gasteiger partial charge < -0.3 is 71.8 Å². The molecule has 4 rings (SSSR count). The summed E-state index contributed by atoms with van der Waals surface area (Å²) in [6, 6.07) is 6.40. The highest BCUT2D eigenvalue weighted by Gasteiger charge is 2.45. The van der Waals surface area contributed by atoms with Crippen LogP contribution in [0.1, 0.15) is 32.3 Å². The van der Waals surface area contributed by atoms with Crippen molar-refractivity contribution in [2.24, 2.45) is 0 Å². The van der Waals surface area contributed by atoms with E-state index in [1.807, 2.05) is 13.8 Å². The number of phosphoric acid groups is 1. The van der Waals surface area contributed by atoms with Crippen molar-refractivity contribution in [2.75, 3.05) is 34.9 Å². The van der Waals surface area contributed by atoms with E-state index < -0.39 is 100 Å². The van der Waals surface area contributed by atoms with Gasteiger partial charge in [0.15, 0.2) is 18.2 Å². The lowest BCUT2D eigenvalue weighted by molar-refractivity contribution is -0.192. The Morgan fingerprint density at radius 2 is 1.77 bits per heavy atom. The molecule has 1 fully saturated rings. The Morgan fingerprint density at radius 1 is 1.09 bits per heavy atom. The minimum absolute atomic E-state index is 0.000402. The van der Waals surface area contributed by atoms with Crippen LogP contribution in [0.5, 0.6) is 0 Å². The summed E-state index contributed by atoms with van der Waals surface area (Å²) < 4.78 is 32.0. The molecule has 1 aromatic heterocycles. The second-order valence-electron chi connectivity index (χ2n) is 12.7. The van der Waals surface area contributed by atoms with Gasteiger partial charge in [0.1, 0.15) is 36.2 Å². The molecule has 23 heteroatoms. The van der Waals surface area contributed by atoms with Crippen molar-refractivity contribution < 1.29 is 73.3 Å². The molecule has 2 aliphatic heterocycles. The monoisotopic (exact) mass is 776 g/mol. The van der Waals surface area contributed by atoms with Crippen molar-refractivity contribution in [1.29, 1.82) is 0 Å². The second kappa shape index (κ2) is 17.9. The largest absolute Gasteiger partial charge is 0.481 e. The van der Waals surface area contributed by atoms with Crippen molar-refractivity contribution in [3.63, 3.8) is 0 Å². The maximum absolute atomic E-state index is 12.4. The first-order chi connectivity index (χ1) is 24.8. The summed E-state index contributed by atoms with van der Waals surface area (Å²) in [6.45, 7) is 2.27. The van der Waals surface area contributed by atoms with Gasteiger partial charge in [-0.05, 0) is 38.0 Å². The number of aliphatic hydroxyl groups excluding tert-OH is 5. The molecule has 296 valence electrons. The van der Waals surface area contributed by atoms with E-state index in [1.54, 1.807) is 24.3 Å². The van der Waals surface area contributed by atoms with Crippen molar-refractivity contribution >= 4 is 42.9 Å². The van der Waals surface area contributed by atoms with E-state index in [0.717, 1.165) is 5.69 Å². The zero-order valence-electron chi connectivity index (χ0n) is 28.5. The van der Waals surface area contributed by atoms with E-state index >= 15 is 0 Å². The smallest absolute Gasteiger partial charge is 0.473 e. The SMILES string of the molecule is CC(Nc1ccc(CC(O)C(O)C(O)CO[C@@H]2O[C@H](COP(=O)(O)OC(CCC(=O)O)C(=O)O)[C@@H](O)[C@H]2O)cc1)C1Nc2c(nc(N)[nH]c2=O)NC1C. The number of carboxylic acid groups (broad SMARTS) is 2. The highest BCUT2D eigenvalue weighted by Crippen LogP contribution is 2.46. The third kappa shape index (κ3) is 11.3. The van der Waals surface area contributed by atoms with Crippen LogP contribution in [0, 0.1) is 0 Å². The number of ether oxygens (including phenoxy) is 2. The number of aromatic amines is 1. The van der Waals surface area contributed by atoms with Gasteiger partial charge in [0, 0.05) is 30.6 Å². The van der Waals surface area contributed by atoms with E-state index in [1.165, 1.54) is 0 Å². The van der Waals surface area contributed by atoms with Gasteiger partial charge in [-0.2, -0.15) is 4.98 Å². The lowest BCUT2D eigenvalue weighted by Crippen LogP contribution is -2.51. The van der Waals surface area contributed by atoms with E-state index in [4.69, 9.17) is 25.4 Å². The zero-order valence-corrected chi connectivity index (χ0v) is 29.4. The molecule has 0 aliphatic carbocycles. The summed E-state index contributed by atoms with van der Waals surface area (Å²) in [7, 11) is -5.11. The number of benzene rings is 1. The van der Waals surface area contributed by atoms with Gasteiger partial charge in [0.05, 0.1) is 25.4 Å².